The minimum Gasteiger partial charge on any atom is -0.308 e. The lowest BCUT2D eigenvalue weighted by Gasteiger charge is -2.07. The summed E-state index contributed by atoms with van der Waals surface area (Å²) in [6, 6.07) is 1.81. The SMILES string of the molecule is CCc1c(C)nn(Cc2nc(C)cc(NN)n2)c1C. The van der Waals surface area contributed by atoms with Gasteiger partial charge in [-0.3, -0.25) is 4.68 Å². The molecule has 0 fully saturated rings. The van der Waals surface area contributed by atoms with Crippen molar-refractivity contribution in [1.29, 1.82) is 0 Å². The topological polar surface area (TPSA) is 81.7 Å². The summed E-state index contributed by atoms with van der Waals surface area (Å²) in [6.45, 7) is 8.73. The zero-order chi connectivity index (χ0) is 14.0. The number of anilines is 1. The van der Waals surface area contributed by atoms with Gasteiger partial charge in [-0.15, -0.1) is 0 Å². The summed E-state index contributed by atoms with van der Waals surface area (Å²) in [7, 11) is 0. The maximum absolute atomic E-state index is 5.40. The molecule has 0 unspecified atom stereocenters. The van der Waals surface area contributed by atoms with Crippen molar-refractivity contribution in [1.82, 2.24) is 19.7 Å². The molecule has 0 aromatic carbocycles. The van der Waals surface area contributed by atoms with Crippen LogP contribution in [0.4, 0.5) is 5.82 Å². The Labute approximate surface area is 113 Å². The number of aryl methyl sites for hydroxylation is 2. The van der Waals surface area contributed by atoms with Crippen LogP contribution in [0.25, 0.3) is 0 Å². The molecule has 2 aromatic heterocycles. The zero-order valence-corrected chi connectivity index (χ0v) is 11.9. The quantitative estimate of drug-likeness (QED) is 0.643. The highest BCUT2D eigenvalue weighted by Gasteiger charge is 2.11. The van der Waals surface area contributed by atoms with Crippen LogP contribution in [0, 0.1) is 20.8 Å². The molecule has 2 heterocycles. The molecular weight excluding hydrogens is 240 g/mol. The number of aromatic nitrogens is 4. The van der Waals surface area contributed by atoms with Crippen molar-refractivity contribution < 1.29 is 0 Å². The van der Waals surface area contributed by atoms with Gasteiger partial charge in [0.05, 0.1) is 5.69 Å². The van der Waals surface area contributed by atoms with Gasteiger partial charge in [0.25, 0.3) is 0 Å². The number of rotatable bonds is 4. The highest BCUT2D eigenvalue weighted by atomic mass is 15.3. The predicted octanol–water partition coefficient (Wildman–Crippen LogP) is 1.49. The van der Waals surface area contributed by atoms with Crippen molar-refractivity contribution in [2.75, 3.05) is 5.43 Å². The number of hydrogen-bond donors (Lipinski definition) is 2. The van der Waals surface area contributed by atoms with Crippen LogP contribution in [-0.4, -0.2) is 19.7 Å². The van der Waals surface area contributed by atoms with Crippen molar-refractivity contribution in [3.8, 4) is 0 Å². The van der Waals surface area contributed by atoms with E-state index in [0.29, 0.717) is 18.2 Å². The van der Waals surface area contributed by atoms with E-state index >= 15 is 0 Å². The molecule has 0 spiro atoms. The molecule has 0 aliphatic heterocycles. The second kappa shape index (κ2) is 5.36. The van der Waals surface area contributed by atoms with Crippen LogP contribution in [0.3, 0.4) is 0 Å². The van der Waals surface area contributed by atoms with Gasteiger partial charge in [-0.05, 0) is 32.8 Å². The van der Waals surface area contributed by atoms with Crippen molar-refractivity contribution in [2.24, 2.45) is 5.84 Å². The number of hydrogen-bond acceptors (Lipinski definition) is 5. The fourth-order valence-corrected chi connectivity index (χ4v) is 2.31. The zero-order valence-electron chi connectivity index (χ0n) is 11.9. The van der Waals surface area contributed by atoms with Gasteiger partial charge in [0.2, 0.25) is 0 Å². The molecular formula is C13H20N6. The summed E-state index contributed by atoms with van der Waals surface area (Å²) in [6.07, 6.45) is 0.988. The largest absolute Gasteiger partial charge is 0.308 e. The van der Waals surface area contributed by atoms with Gasteiger partial charge in [0.15, 0.2) is 5.82 Å². The van der Waals surface area contributed by atoms with Crippen LogP contribution in [0.15, 0.2) is 6.07 Å². The lowest BCUT2D eigenvalue weighted by molar-refractivity contribution is 0.629. The number of nitrogens with two attached hydrogens (primary N) is 1. The molecule has 6 nitrogen and oxygen atoms in total. The molecule has 0 saturated carbocycles. The molecule has 3 N–H and O–H groups in total. The first-order valence-corrected chi connectivity index (χ1v) is 6.39. The highest BCUT2D eigenvalue weighted by Crippen LogP contribution is 2.15. The molecule has 0 radical (unpaired) electrons. The standard InChI is InChI=1S/C13H20N6/c1-5-11-9(3)18-19(10(11)4)7-13-15-8(2)6-12(16-13)17-14/h6H,5,7,14H2,1-4H3,(H,15,16,17). The van der Waals surface area contributed by atoms with Crippen molar-refractivity contribution in [3.05, 3.63) is 34.5 Å². The van der Waals surface area contributed by atoms with E-state index in [9.17, 15) is 0 Å². The van der Waals surface area contributed by atoms with E-state index in [1.165, 1.54) is 11.3 Å². The van der Waals surface area contributed by atoms with E-state index in [-0.39, 0.29) is 0 Å². The van der Waals surface area contributed by atoms with Gasteiger partial charge < -0.3 is 5.43 Å². The van der Waals surface area contributed by atoms with E-state index in [0.717, 1.165) is 17.8 Å². The Morgan fingerprint density at radius 2 is 2.00 bits per heavy atom. The average Bonchev–Trinajstić information content (AvgIpc) is 2.63. The van der Waals surface area contributed by atoms with Crippen molar-refractivity contribution >= 4 is 5.82 Å². The lowest BCUT2D eigenvalue weighted by atomic mass is 10.1. The second-order valence-electron chi connectivity index (χ2n) is 4.62. The molecule has 19 heavy (non-hydrogen) atoms. The molecule has 0 aliphatic rings. The maximum Gasteiger partial charge on any atom is 0.152 e. The van der Waals surface area contributed by atoms with Crippen molar-refractivity contribution in [2.45, 2.75) is 40.7 Å². The number of nitrogen functional groups attached to an aromatic ring is 1. The minimum atomic E-state index is 0.559. The monoisotopic (exact) mass is 260 g/mol. The minimum absolute atomic E-state index is 0.559. The molecule has 6 heteroatoms. The smallest absolute Gasteiger partial charge is 0.152 e. The Morgan fingerprint density at radius 1 is 1.26 bits per heavy atom. The second-order valence-corrected chi connectivity index (χ2v) is 4.62. The van der Waals surface area contributed by atoms with Gasteiger partial charge in [0.1, 0.15) is 12.4 Å². The first-order chi connectivity index (χ1) is 9.05. The van der Waals surface area contributed by atoms with E-state index in [1.807, 2.05) is 24.6 Å². The van der Waals surface area contributed by atoms with E-state index in [1.54, 1.807) is 0 Å². The molecule has 0 saturated heterocycles. The molecule has 0 amide bonds. The van der Waals surface area contributed by atoms with Gasteiger partial charge >= 0.3 is 0 Å². The molecule has 0 bridgehead atoms. The Morgan fingerprint density at radius 3 is 2.58 bits per heavy atom. The Kier molecular flexibility index (Phi) is 3.80. The van der Waals surface area contributed by atoms with Crippen molar-refractivity contribution in [3.63, 3.8) is 0 Å². The summed E-state index contributed by atoms with van der Waals surface area (Å²) in [5.41, 5.74) is 6.98. The third-order valence-electron chi connectivity index (χ3n) is 3.22. The Hall–Kier alpha value is -1.95. The van der Waals surface area contributed by atoms with Crippen LogP contribution in [0.1, 0.15) is 35.4 Å². The summed E-state index contributed by atoms with van der Waals surface area (Å²) in [5.74, 6) is 6.73. The fraction of sp³-hybridized carbons (Fsp3) is 0.462. The maximum atomic E-state index is 5.40. The number of nitrogens with zero attached hydrogens (tertiary/aromatic N) is 4. The summed E-state index contributed by atoms with van der Waals surface area (Å²) < 4.78 is 1.95. The lowest BCUT2D eigenvalue weighted by Crippen LogP contribution is -2.13. The third-order valence-corrected chi connectivity index (χ3v) is 3.22. The highest BCUT2D eigenvalue weighted by molar-refractivity contribution is 5.34. The fourth-order valence-electron chi connectivity index (χ4n) is 2.31. The summed E-state index contributed by atoms with van der Waals surface area (Å²) >= 11 is 0. The third kappa shape index (κ3) is 2.73. The van der Waals surface area contributed by atoms with Crippen LogP contribution in [0.2, 0.25) is 0 Å². The molecule has 0 atom stereocenters. The van der Waals surface area contributed by atoms with Gasteiger partial charge in [0, 0.05) is 17.5 Å². The Balaban J connectivity index is 2.33. The van der Waals surface area contributed by atoms with E-state index in [2.05, 4.69) is 34.3 Å². The average molecular weight is 260 g/mol. The van der Waals surface area contributed by atoms with Crippen LogP contribution in [-0.2, 0) is 13.0 Å². The summed E-state index contributed by atoms with van der Waals surface area (Å²) in [4.78, 5) is 8.76. The number of hydrazine groups is 1. The van der Waals surface area contributed by atoms with Gasteiger partial charge in [-0.25, -0.2) is 15.8 Å². The van der Waals surface area contributed by atoms with Crippen LogP contribution in [0.5, 0.6) is 0 Å². The molecule has 2 rings (SSSR count). The number of nitrogens with one attached hydrogen (secondary N) is 1. The predicted molar refractivity (Wildman–Crippen MR) is 74.8 cm³/mol. The normalized spacial score (nSPS) is 10.8. The first kappa shape index (κ1) is 13.5. The first-order valence-electron chi connectivity index (χ1n) is 6.39. The Bertz CT molecular complexity index is 587. The summed E-state index contributed by atoms with van der Waals surface area (Å²) in [5, 5.41) is 4.55. The van der Waals surface area contributed by atoms with Gasteiger partial charge in [-0.2, -0.15) is 5.10 Å². The van der Waals surface area contributed by atoms with Gasteiger partial charge in [-0.1, -0.05) is 6.92 Å². The van der Waals surface area contributed by atoms with E-state index < -0.39 is 0 Å². The molecule has 102 valence electrons. The van der Waals surface area contributed by atoms with E-state index in [4.69, 9.17) is 5.84 Å². The van der Waals surface area contributed by atoms with Crippen LogP contribution >= 0.6 is 0 Å². The molecule has 2 aromatic rings. The molecule has 0 aliphatic carbocycles. The van der Waals surface area contributed by atoms with Crippen LogP contribution < -0.4 is 11.3 Å².